The Hall–Kier alpha value is -3.84. The van der Waals surface area contributed by atoms with Crippen LogP contribution in [-0.4, -0.2) is 75.8 Å². The number of fused-ring (bicyclic) bond motifs is 3. The van der Waals surface area contributed by atoms with E-state index in [1.165, 1.54) is 32.2 Å². The summed E-state index contributed by atoms with van der Waals surface area (Å²) in [5.41, 5.74) is -0.888. The highest BCUT2D eigenvalue weighted by molar-refractivity contribution is 6.31. The molecular formula is C28H30N2O10. The van der Waals surface area contributed by atoms with Crippen molar-refractivity contribution in [1.29, 1.82) is 0 Å². The number of carbonyl (C=O) groups is 3. The minimum Gasteiger partial charge on any atom is -0.507 e. The Labute approximate surface area is 229 Å². The van der Waals surface area contributed by atoms with E-state index in [1.807, 2.05) is 0 Å². The van der Waals surface area contributed by atoms with Gasteiger partial charge in [-0.25, -0.2) is 5.43 Å². The van der Waals surface area contributed by atoms with Crippen LogP contribution in [0.15, 0.2) is 23.3 Å². The summed E-state index contributed by atoms with van der Waals surface area (Å²) in [7, 11) is 1.35. The first-order valence-electron chi connectivity index (χ1n) is 12.9. The van der Waals surface area contributed by atoms with Crippen molar-refractivity contribution >= 4 is 23.2 Å². The number of phenols is 2. The van der Waals surface area contributed by atoms with E-state index in [0.29, 0.717) is 13.0 Å². The molecule has 12 heteroatoms. The van der Waals surface area contributed by atoms with Crippen molar-refractivity contribution in [2.75, 3.05) is 20.3 Å². The molecule has 3 atom stereocenters. The Kier molecular flexibility index (Phi) is 7.36. The number of methoxy groups -OCH3 is 1. The number of aromatic hydroxyl groups is 2. The molecule has 2 aromatic carbocycles. The molecule has 5 rings (SSSR count). The van der Waals surface area contributed by atoms with Gasteiger partial charge in [-0.15, -0.1) is 0 Å². The van der Waals surface area contributed by atoms with Gasteiger partial charge in [0.05, 0.1) is 42.2 Å². The molecule has 0 aromatic heterocycles. The molecule has 3 aliphatic rings. The number of carbonyl (C=O) groups excluding carboxylic acids is 3. The summed E-state index contributed by atoms with van der Waals surface area (Å²) in [4.78, 5) is 38.8. The molecule has 1 saturated heterocycles. The second kappa shape index (κ2) is 10.6. The number of hydrazone groups is 1. The Bertz CT molecular complexity index is 1430. The topological polar surface area (TPSA) is 184 Å². The Morgan fingerprint density at radius 1 is 1.15 bits per heavy atom. The summed E-state index contributed by atoms with van der Waals surface area (Å²) in [5.74, 6) is -3.00. The van der Waals surface area contributed by atoms with Gasteiger partial charge in [0.1, 0.15) is 22.8 Å². The summed E-state index contributed by atoms with van der Waals surface area (Å²) in [5, 5.41) is 48.7. The predicted molar refractivity (Wildman–Crippen MR) is 139 cm³/mol. The van der Waals surface area contributed by atoms with Crippen molar-refractivity contribution in [3.63, 3.8) is 0 Å². The SMILES string of the molecule is COc1cccc2c1C(=O)c1c(O)c3c(c(O)c1C2=O)C[C@@](O)(/C(CO)=N/NC(C)=O)C[C@@H]3O[C@H]1CCCCO1. The van der Waals surface area contributed by atoms with E-state index < -0.39 is 71.1 Å². The lowest BCUT2D eigenvalue weighted by molar-refractivity contribution is -0.199. The summed E-state index contributed by atoms with van der Waals surface area (Å²) in [6, 6.07) is 4.47. The van der Waals surface area contributed by atoms with Crippen molar-refractivity contribution in [2.24, 2.45) is 5.10 Å². The maximum atomic E-state index is 13.7. The van der Waals surface area contributed by atoms with Gasteiger partial charge < -0.3 is 34.6 Å². The summed E-state index contributed by atoms with van der Waals surface area (Å²) < 4.78 is 17.2. The lowest BCUT2D eigenvalue weighted by Crippen LogP contribution is -2.49. The van der Waals surface area contributed by atoms with Crippen molar-refractivity contribution in [3.8, 4) is 17.2 Å². The lowest BCUT2D eigenvalue weighted by atomic mass is 9.71. The van der Waals surface area contributed by atoms with E-state index in [9.17, 15) is 34.8 Å². The highest BCUT2D eigenvalue weighted by Crippen LogP contribution is 2.52. The molecule has 1 aliphatic heterocycles. The lowest BCUT2D eigenvalue weighted by Gasteiger charge is -2.41. The molecule has 0 bridgehead atoms. The fourth-order valence-corrected chi connectivity index (χ4v) is 5.69. The van der Waals surface area contributed by atoms with Crippen LogP contribution >= 0.6 is 0 Å². The van der Waals surface area contributed by atoms with Crippen molar-refractivity contribution in [2.45, 2.75) is 57.0 Å². The third-order valence-corrected chi connectivity index (χ3v) is 7.57. The van der Waals surface area contributed by atoms with Gasteiger partial charge in [-0.3, -0.25) is 14.4 Å². The van der Waals surface area contributed by atoms with E-state index in [-0.39, 0.29) is 40.1 Å². The largest absolute Gasteiger partial charge is 0.507 e. The van der Waals surface area contributed by atoms with Crippen LogP contribution in [0.1, 0.15) is 81.7 Å². The van der Waals surface area contributed by atoms with Crippen LogP contribution in [0.5, 0.6) is 17.2 Å². The number of nitrogens with zero attached hydrogens (tertiary/aromatic N) is 1. The van der Waals surface area contributed by atoms with Crippen LogP contribution in [0, 0.1) is 0 Å². The molecule has 0 radical (unpaired) electrons. The van der Waals surface area contributed by atoms with Crippen LogP contribution in [0.3, 0.4) is 0 Å². The number of nitrogens with one attached hydrogen (secondary N) is 1. The van der Waals surface area contributed by atoms with Gasteiger partial charge >= 0.3 is 0 Å². The standard InChI is InChI=1S/C28H30N2O10/c1-13(32)29-30-18(12-31)28(37)10-15-21(17(11-28)40-19-8-3-4-9-39-19)27(36)23-22(25(15)34)24(33)14-6-5-7-16(38-2)20(14)26(23)35/h5-7,17,19,31,34,36-37H,3-4,8-12H2,1-2H3,(H,29,32)/b30-18+/t17-,19-,28-/m0/s1. The normalized spacial score (nSPS) is 24.1. The van der Waals surface area contributed by atoms with Gasteiger partial charge in [-0.1, -0.05) is 12.1 Å². The molecule has 0 saturated carbocycles. The summed E-state index contributed by atoms with van der Waals surface area (Å²) in [6.45, 7) is 0.892. The van der Waals surface area contributed by atoms with Crippen LogP contribution < -0.4 is 10.2 Å². The maximum Gasteiger partial charge on any atom is 0.236 e. The molecule has 40 heavy (non-hydrogen) atoms. The average Bonchev–Trinajstić information content (AvgIpc) is 2.93. The molecule has 1 amide bonds. The van der Waals surface area contributed by atoms with Crippen LogP contribution in [0.4, 0.5) is 0 Å². The number of amides is 1. The number of aliphatic hydroxyl groups is 2. The van der Waals surface area contributed by atoms with E-state index >= 15 is 0 Å². The van der Waals surface area contributed by atoms with Crippen LogP contribution in [0.25, 0.3) is 0 Å². The number of benzene rings is 2. The average molecular weight is 555 g/mol. The van der Waals surface area contributed by atoms with Crippen LogP contribution in [-0.2, 0) is 20.7 Å². The molecular weight excluding hydrogens is 524 g/mol. The maximum absolute atomic E-state index is 13.7. The number of hydrogen-bond acceptors (Lipinski definition) is 11. The number of ketones is 2. The third-order valence-electron chi connectivity index (χ3n) is 7.57. The van der Waals surface area contributed by atoms with Gasteiger partial charge in [-0.2, -0.15) is 5.10 Å². The molecule has 2 aliphatic carbocycles. The molecule has 12 nitrogen and oxygen atoms in total. The number of phenolic OH excluding ortho intramolecular Hbond substituents is 2. The van der Waals surface area contributed by atoms with E-state index in [1.54, 1.807) is 0 Å². The number of hydrogen-bond donors (Lipinski definition) is 5. The smallest absolute Gasteiger partial charge is 0.236 e. The van der Waals surface area contributed by atoms with Crippen molar-refractivity contribution in [1.82, 2.24) is 5.43 Å². The van der Waals surface area contributed by atoms with Crippen molar-refractivity contribution < 1.29 is 49.0 Å². The zero-order chi connectivity index (χ0) is 28.8. The van der Waals surface area contributed by atoms with Crippen LogP contribution in [0.2, 0.25) is 0 Å². The molecule has 2 aromatic rings. The number of ether oxygens (including phenoxy) is 3. The van der Waals surface area contributed by atoms with E-state index in [2.05, 4.69) is 10.5 Å². The molecule has 0 spiro atoms. The first kappa shape index (κ1) is 27.7. The Balaban J connectivity index is 1.71. The third kappa shape index (κ3) is 4.52. The fourth-order valence-electron chi connectivity index (χ4n) is 5.69. The molecule has 1 fully saturated rings. The minimum atomic E-state index is -1.97. The highest BCUT2D eigenvalue weighted by Gasteiger charge is 2.49. The number of aliphatic hydroxyl groups excluding tert-OH is 1. The molecule has 5 N–H and O–H groups in total. The van der Waals surface area contributed by atoms with Gasteiger partial charge in [0.2, 0.25) is 11.7 Å². The monoisotopic (exact) mass is 554 g/mol. The highest BCUT2D eigenvalue weighted by atomic mass is 16.7. The van der Waals surface area contributed by atoms with E-state index in [4.69, 9.17) is 14.2 Å². The fraction of sp³-hybridized carbons (Fsp3) is 0.429. The zero-order valence-corrected chi connectivity index (χ0v) is 22.0. The van der Waals surface area contributed by atoms with Gasteiger partial charge in [0.15, 0.2) is 12.1 Å². The number of rotatable bonds is 6. The Morgan fingerprint density at radius 2 is 1.90 bits per heavy atom. The minimum absolute atomic E-state index is 0.00996. The summed E-state index contributed by atoms with van der Waals surface area (Å²) >= 11 is 0. The quantitative estimate of drug-likeness (QED) is 0.170. The predicted octanol–water partition coefficient (Wildman–Crippen LogP) is 1.63. The first-order chi connectivity index (χ1) is 19.1. The summed E-state index contributed by atoms with van der Waals surface area (Å²) in [6.07, 6.45) is -0.375. The first-order valence-corrected chi connectivity index (χ1v) is 12.9. The second-order valence-electron chi connectivity index (χ2n) is 10.1. The molecule has 1 heterocycles. The second-order valence-corrected chi connectivity index (χ2v) is 10.1. The Morgan fingerprint density at radius 3 is 2.55 bits per heavy atom. The molecule has 0 unspecified atom stereocenters. The molecule has 212 valence electrons. The van der Waals surface area contributed by atoms with Gasteiger partial charge in [0.25, 0.3) is 0 Å². The van der Waals surface area contributed by atoms with Gasteiger partial charge in [-0.05, 0) is 25.3 Å². The van der Waals surface area contributed by atoms with Gasteiger partial charge in [0, 0.05) is 43.1 Å². The zero-order valence-electron chi connectivity index (χ0n) is 22.0. The van der Waals surface area contributed by atoms with Crippen molar-refractivity contribution in [3.05, 3.63) is 51.6 Å². The van der Waals surface area contributed by atoms with E-state index in [0.717, 1.165) is 12.8 Å².